The molecule has 1 amide bonds. The molecule has 4 aromatic heterocycles. The number of benzene rings is 1. The number of hydrogen-bond donors (Lipinski definition) is 1. The minimum atomic E-state index is -3.87. The fraction of sp³-hybridized carbons (Fsp3) is 0.382. The van der Waals surface area contributed by atoms with Crippen molar-refractivity contribution in [2.75, 3.05) is 26.2 Å². The zero-order valence-electron chi connectivity index (χ0n) is 26.8. The lowest BCUT2D eigenvalue weighted by molar-refractivity contribution is -0.142. The van der Waals surface area contributed by atoms with Crippen molar-refractivity contribution < 1.29 is 18.3 Å². The van der Waals surface area contributed by atoms with E-state index >= 15 is 0 Å². The molecule has 48 heavy (non-hydrogen) atoms. The lowest BCUT2D eigenvalue weighted by Crippen LogP contribution is -2.53. The molecule has 7 rings (SSSR count). The molecule has 1 aromatic carbocycles. The Kier molecular flexibility index (Phi) is 8.52. The van der Waals surface area contributed by atoms with Crippen LogP contribution in [0.1, 0.15) is 36.4 Å². The van der Waals surface area contributed by atoms with Gasteiger partial charge < -0.3 is 14.6 Å². The summed E-state index contributed by atoms with van der Waals surface area (Å²) >= 11 is 1.15. The lowest BCUT2D eigenvalue weighted by Gasteiger charge is -2.43. The van der Waals surface area contributed by atoms with E-state index in [9.17, 15) is 23.1 Å². The fourth-order valence-electron chi connectivity index (χ4n) is 6.98. The number of hydrogen-bond acceptors (Lipinski definition) is 9. The number of amides is 1. The predicted molar refractivity (Wildman–Crippen MR) is 182 cm³/mol. The molecule has 2 aliphatic heterocycles. The molecule has 1 N–H and O–H groups in total. The molecule has 12 nitrogen and oxygen atoms in total. The molecule has 14 heteroatoms. The summed E-state index contributed by atoms with van der Waals surface area (Å²) in [5, 5.41) is 12.6. The number of aliphatic hydroxyl groups is 1. The molecule has 0 bridgehead atoms. The van der Waals surface area contributed by atoms with Crippen molar-refractivity contribution in [2.45, 2.75) is 48.5 Å². The third-order valence-electron chi connectivity index (χ3n) is 9.70. The van der Waals surface area contributed by atoms with Crippen LogP contribution in [0.5, 0.6) is 0 Å². The Labute approximate surface area is 282 Å². The molecule has 0 saturated carbocycles. The number of aryl methyl sites for hydroxylation is 2. The molecule has 0 unspecified atom stereocenters. The zero-order valence-corrected chi connectivity index (χ0v) is 28.4. The van der Waals surface area contributed by atoms with E-state index in [0.717, 1.165) is 22.5 Å². The number of rotatable bonds is 7. The second kappa shape index (κ2) is 12.7. The average molecular weight is 688 g/mol. The van der Waals surface area contributed by atoms with Crippen molar-refractivity contribution in [1.82, 2.24) is 33.3 Å². The number of thiazole rings is 1. The third-order valence-corrected chi connectivity index (χ3v) is 13.4. The van der Waals surface area contributed by atoms with Gasteiger partial charge in [0.25, 0.3) is 15.6 Å². The molecule has 2 fully saturated rings. The van der Waals surface area contributed by atoms with Crippen molar-refractivity contribution in [1.29, 1.82) is 0 Å². The maximum absolute atomic E-state index is 14.1. The van der Waals surface area contributed by atoms with Crippen molar-refractivity contribution in [2.24, 2.45) is 13.0 Å². The standard InChI is InChI=1S/C34H37N7O5S2/c1-23-33(47-30(37-23)25-8-14-35-15-9-25)48(45,46)41-17-11-26(28(20-41)24-6-4-3-5-7-24)31(42)39-18-12-34(44,13-19-39)21-40-22-36-29-27(32(40)43)10-16-38(29)2/h3-10,14-16,22,26,28,44H,11-13,17-21H2,1-2H3/t26-,28+/m1/s1. The summed E-state index contributed by atoms with van der Waals surface area (Å²) in [6.07, 6.45) is 7.55. The highest BCUT2D eigenvalue weighted by molar-refractivity contribution is 7.91. The first-order valence-electron chi connectivity index (χ1n) is 16.0. The summed E-state index contributed by atoms with van der Waals surface area (Å²) in [4.78, 5) is 42.0. The monoisotopic (exact) mass is 687 g/mol. The third kappa shape index (κ3) is 5.97. The molecule has 0 spiro atoms. The van der Waals surface area contributed by atoms with E-state index in [1.807, 2.05) is 37.4 Å². The second-order valence-corrected chi connectivity index (χ2v) is 15.9. The molecule has 250 valence electrons. The van der Waals surface area contributed by atoms with E-state index in [1.165, 1.54) is 15.2 Å². The topological polar surface area (TPSA) is 144 Å². The van der Waals surface area contributed by atoms with E-state index in [2.05, 4.69) is 15.0 Å². The van der Waals surface area contributed by atoms with E-state index in [4.69, 9.17) is 0 Å². The number of sulfonamides is 1. The first-order chi connectivity index (χ1) is 23.0. The molecule has 6 heterocycles. The van der Waals surface area contributed by atoms with Gasteiger partial charge >= 0.3 is 0 Å². The zero-order chi connectivity index (χ0) is 33.6. The van der Waals surface area contributed by atoms with Gasteiger partial charge in [-0.3, -0.25) is 19.1 Å². The number of nitrogens with zero attached hydrogens (tertiary/aromatic N) is 7. The highest BCUT2D eigenvalue weighted by Crippen LogP contribution is 2.39. The molecule has 2 atom stereocenters. The van der Waals surface area contributed by atoms with Gasteiger partial charge in [0.2, 0.25) is 5.91 Å². The van der Waals surface area contributed by atoms with Crippen LogP contribution in [-0.4, -0.2) is 84.5 Å². The van der Waals surface area contributed by atoms with Crippen molar-refractivity contribution in [3.05, 3.63) is 95.1 Å². The van der Waals surface area contributed by atoms with Crippen molar-refractivity contribution in [3.8, 4) is 10.6 Å². The number of pyridine rings is 1. The number of fused-ring (bicyclic) bond motifs is 1. The first-order valence-corrected chi connectivity index (χ1v) is 18.2. The van der Waals surface area contributed by atoms with Crippen LogP contribution in [0.2, 0.25) is 0 Å². The maximum atomic E-state index is 14.1. The predicted octanol–water partition coefficient (Wildman–Crippen LogP) is 3.41. The molecule has 2 aliphatic rings. The summed E-state index contributed by atoms with van der Waals surface area (Å²) < 4.78 is 33.1. The fourth-order valence-corrected chi connectivity index (χ4v) is 10.1. The molecule has 0 radical (unpaired) electrons. The van der Waals surface area contributed by atoms with Crippen LogP contribution in [0, 0.1) is 12.8 Å². The highest BCUT2D eigenvalue weighted by atomic mass is 32.2. The van der Waals surface area contributed by atoms with E-state index < -0.39 is 21.5 Å². The Bertz CT molecular complexity index is 2120. The van der Waals surface area contributed by atoms with Gasteiger partial charge in [-0.1, -0.05) is 30.3 Å². The molecule has 2 saturated heterocycles. The van der Waals surface area contributed by atoms with Gasteiger partial charge in [-0.2, -0.15) is 4.31 Å². The second-order valence-electron chi connectivity index (χ2n) is 12.8. The van der Waals surface area contributed by atoms with Gasteiger partial charge in [0, 0.05) is 69.2 Å². The van der Waals surface area contributed by atoms with Gasteiger partial charge in [-0.15, -0.1) is 11.3 Å². The summed E-state index contributed by atoms with van der Waals surface area (Å²) in [6.45, 7) is 2.85. The Morgan fingerprint density at radius 3 is 2.52 bits per heavy atom. The Hall–Kier alpha value is -4.24. The highest BCUT2D eigenvalue weighted by Gasteiger charge is 2.44. The van der Waals surface area contributed by atoms with E-state index in [1.54, 1.807) is 53.2 Å². The van der Waals surface area contributed by atoms with Crippen LogP contribution >= 0.6 is 11.3 Å². The Morgan fingerprint density at radius 2 is 1.79 bits per heavy atom. The number of piperidine rings is 2. The van der Waals surface area contributed by atoms with Crippen LogP contribution < -0.4 is 5.56 Å². The quantitative estimate of drug-likeness (QED) is 0.274. The number of carbonyl (C=O) groups excluding carboxylic acids is 1. The Balaban J connectivity index is 1.07. The molecule has 5 aromatic rings. The Morgan fingerprint density at radius 1 is 1.06 bits per heavy atom. The molecular formula is C34H37N7O5S2. The minimum absolute atomic E-state index is 0.0403. The van der Waals surface area contributed by atoms with Crippen LogP contribution in [0.25, 0.3) is 21.6 Å². The van der Waals surface area contributed by atoms with Gasteiger partial charge in [0.15, 0.2) is 4.21 Å². The van der Waals surface area contributed by atoms with E-state index in [0.29, 0.717) is 54.1 Å². The van der Waals surface area contributed by atoms with Crippen LogP contribution in [-0.2, 0) is 28.4 Å². The van der Waals surface area contributed by atoms with Gasteiger partial charge in [-0.25, -0.2) is 18.4 Å². The number of likely N-dealkylation sites (tertiary alicyclic amines) is 1. The van der Waals surface area contributed by atoms with E-state index in [-0.39, 0.29) is 41.2 Å². The summed E-state index contributed by atoms with van der Waals surface area (Å²) in [7, 11) is -2.05. The summed E-state index contributed by atoms with van der Waals surface area (Å²) in [5.41, 5.74) is 1.38. The van der Waals surface area contributed by atoms with Gasteiger partial charge in [-0.05, 0) is 49.9 Å². The average Bonchev–Trinajstić information content (AvgIpc) is 3.69. The van der Waals surface area contributed by atoms with Gasteiger partial charge in [0.1, 0.15) is 17.0 Å². The van der Waals surface area contributed by atoms with Crippen LogP contribution in [0.15, 0.2) is 82.5 Å². The smallest absolute Gasteiger partial charge is 0.262 e. The van der Waals surface area contributed by atoms with Crippen molar-refractivity contribution >= 4 is 38.3 Å². The lowest BCUT2D eigenvalue weighted by atomic mass is 9.80. The normalized spacial score (nSPS) is 20.3. The molecule has 0 aliphatic carbocycles. The van der Waals surface area contributed by atoms with Gasteiger partial charge in [0.05, 0.1) is 23.2 Å². The number of aromatic nitrogens is 5. The molecular weight excluding hydrogens is 651 g/mol. The summed E-state index contributed by atoms with van der Waals surface area (Å²) in [6, 6.07) is 15.0. The maximum Gasteiger partial charge on any atom is 0.262 e. The van der Waals surface area contributed by atoms with Crippen LogP contribution in [0.3, 0.4) is 0 Å². The summed E-state index contributed by atoms with van der Waals surface area (Å²) in [5.74, 6) is -0.813. The SMILES string of the molecule is Cc1nc(-c2ccncc2)sc1S(=O)(=O)N1CC[C@@H](C(=O)N2CCC(O)(Cn3cnc4c(ccn4C)c3=O)CC2)[C@H](c2ccccc2)C1. The first kappa shape index (κ1) is 32.3. The number of carbonyl (C=O) groups is 1. The largest absolute Gasteiger partial charge is 0.388 e. The minimum Gasteiger partial charge on any atom is -0.388 e. The van der Waals surface area contributed by atoms with Crippen molar-refractivity contribution in [3.63, 3.8) is 0 Å². The van der Waals surface area contributed by atoms with Crippen LogP contribution in [0.4, 0.5) is 0 Å².